The minimum absolute atomic E-state index is 0.196. The van der Waals surface area contributed by atoms with Gasteiger partial charge in [0.05, 0.1) is 5.54 Å². The van der Waals surface area contributed by atoms with Crippen molar-refractivity contribution in [1.29, 1.82) is 0 Å². The number of rotatable bonds is 2. The predicted octanol–water partition coefficient (Wildman–Crippen LogP) is 1.63. The number of hydrogen-bond acceptors (Lipinski definition) is 4. The first-order chi connectivity index (χ1) is 7.16. The lowest BCUT2D eigenvalue weighted by molar-refractivity contribution is 0.199. The highest BCUT2D eigenvalue weighted by molar-refractivity contribution is 7.09. The maximum absolute atomic E-state index is 6.56. The van der Waals surface area contributed by atoms with E-state index in [9.17, 15) is 0 Å². The van der Waals surface area contributed by atoms with Gasteiger partial charge in [-0.1, -0.05) is 6.92 Å². The van der Waals surface area contributed by atoms with Crippen LogP contribution in [0.25, 0.3) is 0 Å². The molecule has 1 aromatic heterocycles. The lowest BCUT2D eigenvalue weighted by Gasteiger charge is -2.39. The first kappa shape index (κ1) is 11.0. The standard InChI is InChI=1S/C11H19N3S/c1-3-9-6-13-5-4-11(9,12)10-14-8(2)7-15-10/h7,9,13H,3-6,12H2,1-2H3. The molecule has 0 saturated carbocycles. The van der Waals surface area contributed by atoms with E-state index in [1.165, 1.54) is 0 Å². The molecular weight excluding hydrogens is 206 g/mol. The third-order valence-corrected chi connectivity index (χ3v) is 4.50. The molecule has 0 bridgehead atoms. The van der Waals surface area contributed by atoms with Crippen LogP contribution in [-0.2, 0) is 5.54 Å². The van der Waals surface area contributed by atoms with Crippen LogP contribution in [0.4, 0.5) is 0 Å². The van der Waals surface area contributed by atoms with E-state index in [-0.39, 0.29) is 5.54 Å². The van der Waals surface area contributed by atoms with Gasteiger partial charge in [-0.15, -0.1) is 11.3 Å². The summed E-state index contributed by atoms with van der Waals surface area (Å²) >= 11 is 1.71. The Bertz CT molecular complexity index is 336. The van der Waals surface area contributed by atoms with Crippen molar-refractivity contribution in [2.45, 2.75) is 32.2 Å². The van der Waals surface area contributed by atoms with Gasteiger partial charge in [-0.2, -0.15) is 0 Å². The largest absolute Gasteiger partial charge is 0.319 e. The SMILES string of the molecule is CCC1CNCCC1(N)c1nc(C)cs1. The smallest absolute Gasteiger partial charge is 0.113 e. The third-order valence-electron chi connectivity index (χ3n) is 3.34. The van der Waals surface area contributed by atoms with Gasteiger partial charge in [0.25, 0.3) is 0 Å². The monoisotopic (exact) mass is 225 g/mol. The molecule has 2 unspecified atom stereocenters. The minimum atomic E-state index is -0.196. The van der Waals surface area contributed by atoms with E-state index in [4.69, 9.17) is 5.73 Å². The molecule has 2 atom stereocenters. The number of thiazole rings is 1. The first-order valence-corrected chi connectivity index (χ1v) is 6.47. The fourth-order valence-corrected chi connectivity index (χ4v) is 3.34. The van der Waals surface area contributed by atoms with Gasteiger partial charge >= 0.3 is 0 Å². The highest BCUT2D eigenvalue weighted by Crippen LogP contribution is 2.35. The molecule has 0 aliphatic carbocycles. The predicted molar refractivity (Wildman–Crippen MR) is 64.0 cm³/mol. The zero-order valence-electron chi connectivity index (χ0n) is 9.42. The van der Waals surface area contributed by atoms with E-state index in [0.29, 0.717) is 5.92 Å². The van der Waals surface area contributed by atoms with Gasteiger partial charge < -0.3 is 11.1 Å². The van der Waals surface area contributed by atoms with E-state index in [2.05, 4.69) is 22.6 Å². The maximum Gasteiger partial charge on any atom is 0.113 e. The lowest BCUT2D eigenvalue weighted by Crippen LogP contribution is -2.53. The molecule has 1 aliphatic rings. The number of nitrogens with zero attached hydrogens (tertiary/aromatic N) is 1. The van der Waals surface area contributed by atoms with Crippen LogP contribution in [0.1, 0.15) is 30.5 Å². The third kappa shape index (κ3) is 1.94. The summed E-state index contributed by atoms with van der Waals surface area (Å²) in [6, 6.07) is 0. The molecule has 0 aromatic carbocycles. The van der Waals surface area contributed by atoms with E-state index in [0.717, 1.165) is 36.6 Å². The second-order valence-electron chi connectivity index (χ2n) is 4.39. The number of nitrogens with two attached hydrogens (primary N) is 1. The van der Waals surface area contributed by atoms with Crippen LogP contribution in [0.15, 0.2) is 5.38 Å². The van der Waals surface area contributed by atoms with Crippen molar-refractivity contribution >= 4 is 11.3 Å². The molecule has 0 spiro atoms. The van der Waals surface area contributed by atoms with Gasteiger partial charge in [0.2, 0.25) is 0 Å². The van der Waals surface area contributed by atoms with E-state index in [1.54, 1.807) is 11.3 Å². The van der Waals surface area contributed by atoms with E-state index < -0.39 is 0 Å². The second-order valence-corrected chi connectivity index (χ2v) is 5.25. The number of piperidine rings is 1. The van der Waals surface area contributed by atoms with Gasteiger partial charge in [-0.05, 0) is 32.2 Å². The van der Waals surface area contributed by atoms with Crippen LogP contribution in [0, 0.1) is 12.8 Å². The van der Waals surface area contributed by atoms with Gasteiger partial charge in [0, 0.05) is 17.6 Å². The first-order valence-electron chi connectivity index (χ1n) is 5.59. The van der Waals surface area contributed by atoms with Crippen LogP contribution in [-0.4, -0.2) is 18.1 Å². The van der Waals surface area contributed by atoms with Crippen LogP contribution in [0.2, 0.25) is 0 Å². The Morgan fingerprint density at radius 1 is 1.73 bits per heavy atom. The average molecular weight is 225 g/mol. The molecule has 4 heteroatoms. The Kier molecular flexibility index (Phi) is 3.09. The van der Waals surface area contributed by atoms with Crippen molar-refractivity contribution in [1.82, 2.24) is 10.3 Å². The molecule has 84 valence electrons. The van der Waals surface area contributed by atoms with Gasteiger partial charge in [-0.3, -0.25) is 0 Å². The Labute approximate surface area is 95.1 Å². The summed E-state index contributed by atoms with van der Waals surface area (Å²) in [4.78, 5) is 4.57. The molecule has 2 heterocycles. The molecule has 1 aromatic rings. The minimum Gasteiger partial charge on any atom is -0.319 e. The zero-order valence-corrected chi connectivity index (χ0v) is 10.2. The summed E-state index contributed by atoms with van der Waals surface area (Å²) in [5.41, 5.74) is 7.45. The van der Waals surface area contributed by atoms with Crippen LogP contribution in [0.3, 0.4) is 0 Å². The fourth-order valence-electron chi connectivity index (χ4n) is 2.32. The van der Waals surface area contributed by atoms with Gasteiger partial charge in [0.15, 0.2) is 0 Å². The molecule has 3 nitrogen and oxygen atoms in total. The molecule has 0 radical (unpaired) electrons. The summed E-state index contributed by atoms with van der Waals surface area (Å²) in [6.45, 7) is 6.27. The molecule has 15 heavy (non-hydrogen) atoms. The number of aromatic nitrogens is 1. The van der Waals surface area contributed by atoms with E-state index in [1.807, 2.05) is 6.92 Å². The molecular formula is C11H19N3S. The van der Waals surface area contributed by atoms with Crippen LogP contribution < -0.4 is 11.1 Å². The Hall–Kier alpha value is -0.450. The normalized spacial score (nSPS) is 31.8. The molecule has 2 rings (SSSR count). The van der Waals surface area contributed by atoms with Crippen molar-refractivity contribution in [3.63, 3.8) is 0 Å². The Morgan fingerprint density at radius 3 is 3.13 bits per heavy atom. The number of hydrogen-bond donors (Lipinski definition) is 2. The maximum atomic E-state index is 6.56. The van der Waals surface area contributed by atoms with E-state index >= 15 is 0 Å². The summed E-state index contributed by atoms with van der Waals surface area (Å²) in [5, 5.41) is 6.63. The molecule has 1 saturated heterocycles. The number of aryl methyl sites for hydroxylation is 1. The van der Waals surface area contributed by atoms with Crippen molar-refractivity contribution in [3.8, 4) is 0 Å². The molecule has 0 amide bonds. The zero-order chi connectivity index (χ0) is 10.9. The van der Waals surface area contributed by atoms with Crippen molar-refractivity contribution in [3.05, 3.63) is 16.1 Å². The molecule has 1 aliphatic heterocycles. The highest BCUT2D eigenvalue weighted by Gasteiger charge is 2.39. The summed E-state index contributed by atoms with van der Waals surface area (Å²) in [5.74, 6) is 0.511. The second kappa shape index (κ2) is 4.20. The van der Waals surface area contributed by atoms with Crippen molar-refractivity contribution < 1.29 is 0 Å². The molecule has 1 fully saturated rings. The van der Waals surface area contributed by atoms with Gasteiger partial charge in [0.1, 0.15) is 5.01 Å². The van der Waals surface area contributed by atoms with Gasteiger partial charge in [-0.25, -0.2) is 4.98 Å². The van der Waals surface area contributed by atoms with Crippen molar-refractivity contribution in [2.75, 3.05) is 13.1 Å². The summed E-state index contributed by atoms with van der Waals surface area (Å²) in [7, 11) is 0. The Morgan fingerprint density at radius 2 is 2.53 bits per heavy atom. The van der Waals surface area contributed by atoms with Crippen LogP contribution in [0.5, 0.6) is 0 Å². The fraction of sp³-hybridized carbons (Fsp3) is 0.727. The van der Waals surface area contributed by atoms with Crippen LogP contribution >= 0.6 is 11.3 Å². The average Bonchev–Trinajstić information content (AvgIpc) is 2.66. The topological polar surface area (TPSA) is 50.9 Å². The van der Waals surface area contributed by atoms with Crippen molar-refractivity contribution in [2.24, 2.45) is 11.7 Å². The molecule has 3 N–H and O–H groups in total. The highest BCUT2D eigenvalue weighted by atomic mass is 32.1. The lowest BCUT2D eigenvalue weighted by atomic mass is 9.78. The summed E-state index contributed by atoms with van der Waals surface area (Å²) in [6.07, 6.45) is 2.11. The Balaban J connectivity index is 2.29. The number of nitrogens with one attached hydrogen (secondary N) is 1. The summed E-state index contributed by atoms with van der Waals surface area (Å²) < 4.78 is 0. The quantitative estimate of drug-likeness (QED) is 0.804.